The van der Waals surface area contributed by atoms with Crippen molar-refractivity contribution in [3.63, 3.8) is 0 Å². The lowest BCUT2D eigenvalue weighted by atomic mass is 9.98. The standard InChI is InChI=1S/C16H12N2O2/c17-15-6-5-12(14-9-18-8-7-13(14)15)10-1-3-11(4-2-10)16(19)20/h1-9H,17H2,(H,19,20). The third kappa shape index (κ3) is 1.97. The maximum absolute atomic E-state index is 10.9. The summed E-state index contributed by atoms with van der Waals surface area (Å²) in [5, 5.41) is 10.8. The van der Waals surface area contributed by atoms with Gasteiger partial charge in [-0.05, 0) is 35.4 Å². The quantitative estimate of drug-likeness (QED) is 0.697. The summed E-state index contributed by atoms with van der Waals surface area (Å²) in [5.41, 5.74) is 8.86. The number of carboxylic acids is 1. The van der Waals surface area contributed by atoms with E-state index in [4.69, 9.17) is 10.8 Å². The molecular formula is C16H12N2O2. The van der Waals surface area contributed by atoms with E-state index in [1.165, 1.54) is 0 Å². The van der Waals surface area contributed by atoms with Crippen molar-refractivity contribution in [2.45, 2.75) is 0 Å². The van der Waals surface area contributed by atoms with Crippen LogP contribution in [0.1, 0.15) is 10.4 Å². The molecule has 0 radical (unpaired) electrons. The van der Waals surface area contributed by atoms with Crippen molar-refractivity contribution in [1.82, 2.24) is 4.98 Å². The number of hydrogen-bond acceptors (Lipinski definition) is 3. The number of aromatic nitrogens is 1. The number of pyridine rings is 1. The fraction of sp³-hybridized carbons (Fsp3) is 0. The molecular weight excluding hydrogens is 252 g/mol. The van der Waals surface area contributed by atoms with Gasteiger partial charge in [-0.1, -0.05) is 18.2 Å². The third-order valence-electron chi connectivity index (χ3n) is 3.29. The Balaban J connectivity index is 2.19. The molecule has 0 fully saturated rings. The number of carbonyl (C=O) groups is 1. The van der Waals surface area contributed by atoms with Crippen LogP contribution in [0.4, 0.5) is 5.69 Å². The average Bonchev–Trinajstić information content (AvgIpc) is 2.48. The molecule has 0 aliphatic carbocycles. The fourth-order valence-corrected chi connectivity index (χ4v) is 2.26. The molecule has 0 spiro atoms. The van der Waals surface area contributed by atoms with Crippen LogP contribution >= 0.6 is 0 Å². The van der Waals surface area contributed by atoms with Crippen LogP contribution in [0.25, 0.3) is 21.9 Å². The largest absolute Gasteiger partial charge is 0.478 e. The zero-order valence-corrected chi connectivity index (χ0v) is 10.6. The van der Waals surface area contributed by atoms with Crippen LogP contribution in [0.2, 0.25) is 0 Å². The van der Waals surface area contributed by atoms with Crippen molar-refractivity contribution in [2.75, 3.05) is 5.73 Å². The molecule has 1 heterocycles. The second-order valence-corrected chi connectivity index (χ2v) is 4.51. The van der Waals surface area contributed by atoms with E-state index in [0.29, 0.717) is 5.69 Å². The summed E-state index contributed by atoms with van der Waals surface area (Å²) in [7, 11) is 0. The first-order chi connectivity index (χ1) is 9.66. The Kier molecular flexibility index (Phi) is 2.84. The van der Waals surface area contributed by atoms with Crippen molar-refractivity contribution in [3.05, 3.63) is 60.4 Å². The number of aromatic carboxylic acids is 1. The van der Waals surface area contributed by atoms with Crippen molar-refractivity contribution < 1.29 is 9.90 Å². The number of fused-ring (bicyclic) bond motifs is 1. The molecule has 20 heavy (non-hydrogen) atoms. The molecule has 4 heteroatoms. The highest BCUT2D eigenvalue weighted by molar-refractivity contribution is 6.02. The average molecular weight is 264 g/mol. The van der Waals surface area contributed by atoms with E-state index < -0.39 is 5.97 Å². The van der Waals surface area contributed by atoms with E-state index >= 15 is 0 Å². The molecule has 3 aromatic rings. The number of nitrogens with two attached hydrogens (primary N) is 1. The minimum absolute atomic E-state index is 0.270. The van der Waals surface area contributed by atoms with Gasteiger partial charge in [0.15, 0.2) is 0 Å². The SMILES string of the molecule is Nc1ccc(-c2ccc(C(=O)O)cc2)c2cnccc12. The molecule has 0 unspecified atom stereocenters. The van der Waals surface area contributed by atoms with Gasteiger partial charge < -0.3 is 10.8 Å². The van der Waals surface area contributed by atoms with Gasteiger partial charge in [0.1, 0.15) is 0 Å². The van der Waals surface area contributed by atoms with E-state index in [2.05, 4.69) is 4.98 Å². The fourth-order valence-electron chi connectivity index (χ4n) is 2.26. The number of benzene rings is 2. The molecule has 98 valence electrons. The van der Waals surface area contributed by atoms with Gasteiger partial charge in [0.05, 0.1) is 5.56 Å². The maximum atomic E-state index is 10.9. The Bertz CT molecular complexity index is 795. The number of anilines is 1. The third-order valence-corrected chi connectivity index (χ3v) is 3.29. The monoisotopic (exact) mass is 264 g/mol. The topological polar surface area (TPSA) is 76.2 Å². The van der Waals surface area contributed by atoms with Crippen LogP contribution in [0, 0.1) is 0 Å². The lowest BCUT2D eigenvalue weighted by molar-refractivity contribution is 0.0697. The Labute approximate surface area is 115 Å². The molecule has 0 aliphatic rings. The Hall–Kier alpha value is -2.88. The number of nitrogen functional groups attached to an aromatic ring is 1. The lowest BCUT2D eigenvalue weighted by Crippen LogP contribution is -1.95. The normalized spacial score (nSPS) is 10.6. The van der Waals surface area contributed by atoms with Crippen molar-refractivity contribution in [2.24, 2.45) is 0 Å². The van der Waals surface area contributed by atoms with Crippen molar-refractivity contribution in [1.29, 1.82) is 0 Å². The van der Waals surface area contributed by atoms with E-state index in [0.717, 1.165) is 21.9 Å². The highest BCUT2D eigenvalue weighted by Crippen LogP contribution is 2.31. The van der Waals surface area contributed by atoms with Gasteiger partial charge >= 0.3 is 5.97 Å². The first-order valence-corrected chi connectivity index (χ1v) is 6.13. The predicted octanol–water partition coefficient (Wildman–Crippen LogP) is 3.18. The molecule has 0 aliphatic heterocycles. The van der Waals surface area contributed by atoms with Crippen LogP contribution in [0.3, 0.4) is 0 Å². The Morgan fingerprint density at radius 3 is 2.45 bits per heavy atom. The van der Waals surface area contributed by atoms with Crippen LogP contribution < -0.4 is 5.73 Å². The summed E-state index contributed by atoms with van der Waals surface area (Å²) in [4.78, 5) is 15.0. The van der Waals surface area contributed by atoms with E-state index in [-0.39, 0.29) is 5.56 Å². The van der Waals surface area contributed by atoms with E-state index in [1.54, 1.807) is 36.7 Å². The van der Waals surface area contributed by atoms with Gasteiger partial charge in [-0.15, -0.1) is 0 Å². The lowest BCUT2D eigenvalue weighted by Gasteiger charge is -2.09. The summed E-state index contributed by atoms with van der Waals surface area (Å²) in [6.07, 6.45) is 3.47. The number of carboxylic acid groups (broad SMARTS) is 1. The van der Waals surface area contributed by atoms with E-state index in [1.807, 2.05) is 18.2 Å². The first kappa shape index (κ1) is 12.2. The number of rotatable bonds is 2. The zero-order valence-electron chi connectivity index (χ0n) is 10.6. The Morgan fingerprint density at radius 1 is 1.00 bits per heavy atom. The molecule has 3 N–H and O–H groups in total. The minimum Gasteiger partial charge on any atom is -0.478 e. The van der Waals surface area contributed by atoms with Gasteiger partial charge in [-0.2, -0.15) is 0 Å². The molecule has 0 bridgehead atoms. The highest BCUT2D eigenvalue weighted by Gasteiger charge is 2.08. The van der Waals surface area contributed by atoms with E-state index in [9.17, 15) is 4.79 Å². The number of hydrogen-bond donors (Lipinski definition) is 2. The first-order valence-electron chi connectivity index (χ1n) is 6.13. The van der Waals surface area contributed by atoms with Gasteiger partial charge in [0.2, 0.25) is 0 Å². The summed E-state index contributed by atoms with van der Waals surface area (Å²) in [5.74, 6) is -0.930. The molecule has 1 aromatic heterocycles. The molecule has 3 rings (SSSR count). The summed E-state index contributed by atoms with van der Waals surface area (Å²) >= 11 is 0. The van der Waals surface area contributed by atoms with Gasteiger partial charge in [0, 0.05) is 28.9 Å². The second kappa shape index (κ2) is 4.66. The summed E-state index contributed by atoms with van der Waals surface area (Å²) in [6.45, 7) is 0. The van der Waals surface area contributed by atoms with Crippen LogP contribution in [0.15, 0.2) is 54.9 Å². The van der Waals surface area contributed by atoms with Gasteiger partial charge in [-0.3, -0.25) is 4.98 Å². The predicted molar refractivity (Wildman–Crippen MR) is 78.6 cm³/mol. The molecule has 0 saturated heterocycles. The second-order valence-electron chi connectivity index (χ2n) is 4.51. The molecule has 0 amide bonds. The molecule has 0 saturated carbocycles. The number of nitrogens with zero attached hydrogens (tertiary/aromatic N) is 1. The van der Waals surface area contributed by atoms with Crippen molar-refractivity contribution >= 4 is 22.4 Å². The zero-order chi connectivity index (χ0) is 14.1. The summed E-state index contributed by atoms with van der Waals surface area (Å²) < 4.78 is 0. The smallest absolute Gasteiger partial charge is 0.335 e. The highest BCUT2D eigenvalue weighted by atomic mass is 16.4. The van der Waals surface area contributed by atoms with Gasteiger partial charge in [-0.25, -0.2) is 4.79 Å². The molecule has 2 aromatic carbocycles. The minimum atomic E-state index is -0.930. The van der Waals surface area contributed by atoms with Crippen LogP contribution in [-0.2, 0) is 0 Å². The summed E-state index contributed by atoms with van der Waals surface area (Å²) in [6, 6.07) is 12.4. The van der Waals surface area contributed by atoms with Crippen LogP contribution in [0.5, 0.6) is 0 Å². The molecule has 0 atom stereocenters. The van der Waals surface area contributed by atoms with Crippen molar-refractivity contribution in [3.8, 4) is 11.1 Å². The molecule has 4 nitrogen and oxygen atoms in total. The van der Waals surface area contributed by atoms with Crippen LogP contribution in [-0.4, -0.2) is 16.1 Å². The van der Waals surface area contributed by atoms with Gasteiger partial charge in [0.25, 0.3) is 0 Å². The maximum Gasteiger partial charge on any atom is 0.335 e. The Morgan fingerprint density at radius 2 is 1.75 bits per heavy atom.